The Kier molecular flexibility index (Phi) is 6.06. The molecule has 0 fully saturated rings. The lowest BCUT2D eigenvalue weighted by atomic mass is 9.95. The van der Waals surface area contributed by atoms with Gasteiger partial charge in [-0.2, -0.15) is 0 Å². The molecule has 1 atom stereocenters. The molecule has 0 saturated carbocycles. The maximum atomic E-state index is 12.4. The van der Waals surface area contributed by atoms with Gasteiger partial charge in [-0.1, -0.05) is 24.3 Å². The summed E-state index contributed by atoms with van der Waals surface area (Å²) in [6.07, 6.45) is 0.928. The first-order chi connectivity index (χ1) is 11.2. The van der Waals surface area contributed by atoms with Crippen LogP contribution in [0.2, 0.25) is 0 Å². The van der Waals surface area contributed by atoms with Gasteiger partial charge in [0.25, 0.3) is 0 Å². The minimum Gasteiger partial charge on any atom is -0.497 e. The highest BCUT2D eigenvalue weighted by Gasteiger charge is 2.23. The number of hydrogen-bond donors (Lipinski definition) is 2. The van der Waals surface area contributed by atoms with E-state index in [1.807, 2.05) is 18.2 Å². The summed E-state index contributed by atoms with van der Waals surface area (Å²) in [6, 6.07) is 13.3. The Balaban J connectivity index is 0.00000208. The zero-order valence-corrected chi connectivity index (χ0v) is 14.3. The molecule has 0 spiro atoms. The Bertz CT molecular complexity index is 721. The van der Waals surface area contributed by atoms with Crippen LogP contribution in [0.1, 0.15) is 23.7 Å². The third kappa shape index (κ3) is 3.99. The lowest BCUT2D eigenvalue weighted by Gasteiger charge is -2.25. The Hall–Kier alpha value is -2.24. The molecule has 1 amide bonds. The molecule has 1 heterocycles. The number of methoxy groups -OCH3 is 1. The van der Waals surface area contributed by atoms with Crippen LogP contribution in [0.3, 0.4) is 0 Å². The summed E-state index contributed by atoms with van der Waals surface area (Å²) in [6.45, 7) is 0.635. The van der Waals surface area contributed by atoms with Gasteiger partial charge in [-0.3, -0.25) is 4.79 Å². The summed E-state index contributed by atoms with van der Waals surface area (Å²) in [7, 11) is 1.57. The zero-order valence-electron chi connectivity index (χ0n) is 13.5. The SMILES string of the molecule is COc1ccc(N)c(NC(=O)CC2OCCc3ccccc32)c1.Cl. The van der Waals surface area contributed by atoms with E-state index in [4.69, 9.17) is 15.2 Å². The Morgan fingerprint density at radius 1 is 1.33 bits per heavy atom. The third-order valence-corrected chi connectivity index (χ3v) is 4.00. The van der Waals surface area contributed by atoms with E-state index in [1.165, 1.54) is 5.56 Å². The van der Waals surface area contributed by atoms with Crippen LogP contribution in [0.5, 0.6) is 5.75 Å². The van der Waals surface area contributed by atoms with Crippen molar-refractivity contribution in [3.63, 3.8) is 0 Å². The van der Waals surface area contributed by atoms with Crippen LogP contribution in [0.15, 0.2) is 42.5 Å². The summed E-state index contributed by atoms with van der Waals surface area (Å²) in [5.41, 5.74) is 9.30. The standard InChI is InChI=1S/C18H20N2O3.ClH/c1-22-13-6-7-15(19)16(10-13)20-18(21)11-17-14-5-3-2-4-12(14)8-9-23-17;/h2-7,10,17H,8-9,11,19H2,1H3,(H,20,21);1H. The first kappa shape index (κ1) is 18.1. The average molecular weight is 349 g/mol. The summed E-state index contributed by atoms with van der Waals surface area (Å²) in [4.78, 5) is 12.4. The summed E-state index contributed by atoms with van der Waals surface area (Å²) in [5.74, 6) is 0.514. The number of benzene rings is 2. The topological polar surface area (TPSA) is 73.6 Å². The molecule has 0 aliphatic carbocycles. The van der Waals surface area contributed by atoms with Gasteiger partial charge in [0, 0.05) is 6.07 Å². The van der Waals surface area contributed by atoms with Crippen LogP contribution in [-0.4, -0.2) is 19.6 Å². The molecule has 1 aliphatic rings. The molecule has 0 aromatic heterocycles. The number of nitrogens with one attached hydrogen (secondary N) is 1. The van der Waals surface area contributed by atoms with Gasteiger partial charge in [-0.15, -0.1) is 12.4 Å². The molecule has 5 nitrogen and oxygen atoms in total. The number of nitrogen functional groups attached to an aromatic ring is 1. The molecule has 1 aliphatic heterocycles. The lowest BCUT2D eigenvalue weighted by molar-refractivity contribution is -0.119. The predicted molar refractivity (Wildman–Crippen MR) is 96.7 cm³/mol. The fourth-order valence-electron chi connectivity index (χ4n) is 2.79. The number of hydrogen-bond acceptors (Lipinski definition) is 4. The number of halogens is 1. The molecule has 2 aromatic rings. The highest BCUT2D eigenvalue weighted by Crippen LogP contribution is 2.30. The second-order valence-corrected chi connectivity index (χ2v) is 5.51. The van der Waals surface area contributed by atoms with Crippen LogP contribution in [0.4, 0.5) is 11.4 Å². The maximum Gasteiger partial charge on any atom is 0.227 e. The number of amides is 1. The normalized spacial score (nSPS) is 15.8. The Morgan fingerprint density at radius 3 is 2.92 bits per heavy atom. The van der Waals surface area contributed by atoms with Crippen LogP contribution >= 0.6 is 12.4 Å². The van der Waals surface area contributed by atoms with Crippen molar-refractivity contribution in [1.29, 1.82) is 0 Å². The second kappa shape index (κ2) is 8.04. The number of rotatable bonds is 4. The molecule has 2 aromatic carbocycles. The van der Waals surface area contributed by atoms with Crippen molar-refractivity contribution >= 4 is 29.7 Å². The third-order valence-electron chi connectivity index (χ3n) is 4.00. The Labute approximate surface area is 147 Å². The van der Waals surface area contributed by atoms with E-state index in [0.29, 0.717) is 23.7 Å². The van der Waals surface area contributed by atoms with Crippen LogP contribution in [-0.2, 0) is 16.0 Å². The number of ether oxygens (including phenoxy) is 2. The minimum atomic E-state index is -0.216. The molecule has 6 heteroatoms. The van der Waals surface area contributed by atoms with E-state index < -0.39 is 0 Å². The van der Waals surface area contributed by atoms with Crippen LogP contribution in [0, 0.1) is 0 Å². The van der Waals surface area contributed by atoms with Gasteiger partial charge in [0.15, 0.2) is 0 Å². The van der Waals surface area contributed by atoms with Crippen molar-refractivity contribution in [3.8, 4) is 5.75 Å². The fourth-order valence-corrected chi connectivity index (χ4v) is 2.79. The summed E-state index contributed by atoms with van der Waals surface area (Å²) in [5, 5.41) is 2.84. The van der Waals surface area contributed by atoms with E-state index in [2.05, 4.69) is 11.4 Å². The summed E-state index contributed by atoms with van der Waals surface area (Å²) >= 11 is 0. The monoisotopic (exact) mass is 348 g/mol. The quantitative estimate of drug-likeness (QED) is 0.831. The van der Waals surface area contributed by atoms with Gasteiger partial charge in [0.05, 0.1) is 37.6 Å². The smallest absolute Gasteiger partial charge is 0.227 e. The van der Waals surface area contributed by atoms with Gasteiger partial charge in [0.2, 0.25) is 5.91 Å². The molecule has 24 heavy (non-hydrogen) atoms. The second-order valence-electron chi connectivity index (χ2n) is 5.51. The molecule has 1 unspecified atom stereocenters. The first-order valence-corrected chi connectivity index (χ1v) is 7.60. The molecular formula is C18H21ClN2O3. The van der Waals surface area contributed by atoms with E-state index in [0.717, 1.165) is 12.0 Å². The molecule has 3 N–H and O–H groups in total. The molecule has 0 radical (unpaired) electrons. The van der Waals surface area contributed by atoms with E-state index in [-0.39, 0.29) is 30.8 Å². The van der Waals surface area contributed by atoms with Crippen LogP contribution < -0.4 is 15.8 Å². The first-order valence-electron chi connectivity index (χ1n) is 7.60. The molecule has 0 saturated heterocycles. The van der Waals surface area contributed by atoms with Gasteiger partial charge in [-0.05, 0) is 29.7 Å². The highest BCUT2D eigenvalue weighted by molar-refractivity contribution is 5.94. The average Bonchev–Trinajstić information content (AvgIpc) is 2.57. The number of anilines is 2. The fraction of sp³-hybridized carbons (Fsp3) is 0.278. The minimum absolute atomic E-state index is 0. The molecular weight excluding hydrogens is 328 g/mol. The van der Waals surface area contributed by atoms with Crippen molar-refractivity contribution in [2.24, 2.45) is 0 Å². The van der Waals surface area contributed by atoms with Gasteiger partial charge in [0.1, 0.15) is 5.75 Å². The van der Waals surface area contributed by atoms with Crippen molar-refractivity contribution < 1.29 is 14.3 Å². The van der Waals surface area contributed by atoms with Crippen LogP contribution in [0.25, 0.3) is 0 Å². The van der Waals surface area contributed by atoms with Crippen molar-refractivity contribution in [2.75, 3.05) is 24.8 Å². The number of nitrogens with two attached hydrogens (primary N) is 1. The van der Waals surface area contributed by atoms with E-state index in [1.54, 1.807) is 25.3 Å². The predicted octanol–water partition coefficient (Wildman–Crippen LogP) is 3.34. The largest absolute Gasteiger partial charge is 0.497 e. The van der Waals surface area contributed by atoms with Gasteiger partial charge >= 0.3 is 0 Å². The number of carbonyl (C=O) groups excluding carboxylic acids is 1. The van der Waals surface area contributed by atoms with Crippen molar-refractivity contribution in [2.45, 2.75) is 18.9 Å². The van der Waals surface area contributed by atoms with E-state index >= 15 is 0 Å². The Morgan fingerprint density at radius 2 is 2.12 bits per heavy atom. The molecule has 128 valence electrons. The summed E-state index contributed by atoms with van der Waals surface area (Å²) < 4.78 is 10.9. The van der Waals surface area contributed by atoms with E-state index in [9.17, 15) is 4.79 Å². The molecule has 0 bridgehead atoms. The van der Waals surface area contributed by atoms with Gasteiger partial charge in [-0.25, -0.2) is 0 Å². The zero-order chi connectivity index (χ0) is 16.2. The maximum absolute atomic E-state index is 12.4. The van der Waals surface area contributed by atoms with Crippen molar-refractivity contribution in [1.82, 2.24) is 0 Å². The van der Waals surface area contributed by atoms with Crippen molar-refractivity contribution in [3.05, 3.63) is 53.6 Å². The molecule has 3 rings (SSSR count). The van der Waals surface area contributed by atoms with Gasteiger partial charge < -0.3 is 20.5 Å². The number of fused-ring (bicyclic) bond motifs is 1. The lowest BCUT2D eigenvalue weighted by Crippen LogP contribution is -2.22. The number of carbonyl (C=O) groups is 1. The highest BCUT2D eigenvalue weighted by atomic mass is 35.5.